The van der Waals surface area contributed by atoms with Gasteiger partial charge < -0.3 is 15.1 Å². The maximum atomic E-state index is 5.01. The highest BCUT2D eigenvalue weighted by molar-refractivity contribution is 7.15. The van der Waals surface area contributed by atoms with Crippen LogP contribution in [0.3, 0.4) is 0 Å². The van der Waals surface area contributed by atoms with Crippen LogP contribution in [0.25, 0.3) is 0 Å². The van der Waals surface area contributed by atoms with Crippen molar-refractivity contribution in [1.29, 1.82) is 0 Å². The van der Waals surface area contributed by atoms with Crippen molar-refractivity contribution < 1.29 is 0 Å². The molecule has 4 nitrogen and oxygen atoms in total. The van der Waals surface area contributed by atoms with Crippen molar-refractivity contribution in [2.24, 2.45) is 0 Å². The molecule has 0 unspecified atom stereocenters. The van der Waals surface area contributed by atoms with E-state index in [0.717, 1.165) is 38.8 Å². The number of likely N-dealkylation sites (N-methyl/N-ethyl adjacent to an activating group) is 1. The highest BCUT2D eigenvalue weighted by Gasteiger charge is 2.27. The molecule has 2 fully saturated rings. The second kappa shape index (κ2) is 5.86. The average molecular weight is 308 g/mol. The van der Waals surface area contributed by atoms with Gasteiger partial charge in [-0.2, -0.15) is 0 Å². The third kappa shape index (κ3) is 3.76. The van der Waals surface area contributed by atoms with Gasteiger partial charge in [0.1, 0.15) is 0 Å². The molecule has 0 spiro atoms. The minimum Gasteiger partial charge on any atom is -0.346 e. The second-order valence-corrected chi connectivity index (χ2v) is 8.53. The zero-order chi connectivity index (χ0) is 15.0. The molecule has 0 aromatic carbocycles. The predicted octanol–water partition coefficient (Wildman–Crippen LogP) is 2.44. The normalized spacial score (nSPS) is 21.0. The first-order chi connectivity index (χ1) is 9.93. The van der Waals surface area contributed by atoms with Gasteiger partial charge in [0.15, 0.2) is 5.13 Å². The van der Waals surface area contributed by atoms with E-state index in [4.69, 9.17) is 4.98 Å². The van der Waals surface area contributed by atoms with Gasteiger partial charge in [0.2, 0.25) is 0 Å². The summed E-state index contributed by atoms with van der Waals surface area (Å²) in [6.07, 6.45) is 2.68. The van der Waals surface area contributed by atoms with Crippen LogP contribution in [0, 0.1) is 0 Å². The molecular formula is C16H28N4S. The number of hydrogen-bond acceptors (Lipinski definition) is 5. The summed E-state index contributed by atoms with van der Waals surface area (Å²) in [6, 6.07) is 0.756. The van der Waals surface area contributed by atoms with E-state index in [2.05, 4.69) is 42.9 Å². The van der Waals surface area contributed by atoms with Gasteiger partial charge in [0.05, 0.1) is 5.69 Å². The van der Waals surface area contributed by atoms with E-state index in [0.29, 0.717) is 0 Å². The van der Waals surface area contributed by atoms with Gasteiger partial charge in [-0.05, 0) is 19.9 Å². The molecule has 1 aliphatic carbocycles. The Morgan fingerprint density at radius 3 is 2.43 bits per heavy atom. The van der Waals surface area contributed by atoms with E-state index in [-0.39, 0.29) is 5.41 Å². The fraction of sp³-hybridized carbons (Fsp3) is 0.812. The van der Waals surface area contributed by atoms with Crippen LogP contribution in [-0.2, 0) is 12.0 Å². The lowest BCUT2D eigenvalue weighted by Crippen LogP contribution is -2.44. The van der Waals surface area contributed by atoms with Crippen molar-refractivity contribution in [2.75, 3.05) is 38.1 Å². The van der Waals surface area contributed by atoms with Crippen molar-refractivity contribution >= 4 is 16.5 Å². The Balaban J connectivity index is 1.77. The van der Waals surface area contributed by atoms with Crippen LogP contribution in [0.5, 0.6) is 0 Å². The number of anilines is 1. The zero-order valence-corrected chi connectivity index (χ0v) is 14.6. The minimum absolute atomic E-state index is 0.127. The first-order valence-electron chi connectivity index (χ1n) is 8.10. The molecule has 0 amide bonds. The molecule has 2 heterocycles. The van der Waals surface area contributed by atoms with Crippen LogP contribution in [0.2, 0.25) is 0 Å². The van der Waals surface area contributed by atoms with Crippen LogP contribution in [0.4, 0.5) is 5.13 Å². The number of rotatable bonds is 4. The summed E-state index contributed by atoms with van der Waals surface area (Å²) in [6.45, 7) is 12.3. The maximum Gasteiger partial charge on any atom is 0.185 e. The Morgan fingerprint density at radius 1 is 1.19 bits per heavy atom. The molecule has 1 saturated carbocycles. The summed E-state index contributed by atoms with van der Waals surface area (Å²) >= 11 is 1.90. The number of thiazole rings is 1. The lowest BCUT2D eigenvalue weighted by molar-refractivity contribution is 0.312. The smallest absolute Gasteiger partial charge is 0.185 e. The van der Waals surface area contributed by atoms with Crippen molar-refractivity contribution in [3.05, 3.63) is 10.6 Å². The fourth-order valence-electron chi connectivity index (χ4n) is 2.70. The van der Waals surface area contributed by atoms with E-state index < -0.39 is 0 Å². The molecule has 0 radical (unpaired) electrons. The molecule has 2 aliphatic rings. The number of piperazine rings is 1. The summed E-state index contributed by atoms with van der Waals surface area (Å²) in [7, 11) is 2.20. The third-order valence-electron chi connectivity index (χ3n) is 4.30. The Kier molecular flexibility index (Phi) is 4.26. The summed E-state index contributed by atoms with van der Waals surface area (Å²) in [5.41, 5.74) is 1.41. The first kappa shape index (κ1) is 15.3. The van der Waals surface area contributed by atoms with Gasteiger partial charge >= 0.3 is 0 Å². The topological polar surface area (TPSA) is 31.4 Å². The Hall–Kier alpha value is -0.650. The van der Waals surface area contributed by atoms with Crippen molar-refractivity contribution in [1.82, 2.24) is 15.2 Å². The Morgan fingerprint density at radius 2 is 1.86 bits per heavy atom. The molecule has 3 rings (SSSR count). The molecular weight excluding hydrogens is 280 g/mol. The highest BCUT2D eigenvalue weighted by atomic mass is 32.1. The van der Waals surface area contributed by atoms with Gasteiger partial charge in [0.25, 0.3) is 0 Å². The molecule has 0 atom stereocenters. The van der Waals surface area contributed by atoms with Gasteiger partial charge in [0, 0.05) is 49.1 Å². The molecule has 1 saturated heterocycles. The molecule has 5 heteroatoms. The molecule has 1 aromatic heterocycles. The van der Waals surface area contributed by atoms with E-state index in [1.807, 2.05) is 11.3 Å². The summed E-state index contributed by atoms with van der Waals surface area (Å²) < 4.78 is 0. The molecule has 1 aliphatic heterocycles. The molecule has 1 aromatic rings. The SMILES string of the molecule is CN1CCN(c2nc(C(C)(C)C)c(CNC3CC3)s2)CC1. The van der Waals surface area contributed by atoms with Crippen LogP contribution < -0.4 is 10.2 Å². The number of aromatic nitrogens is 1. The summed E-state index contributed by atoms with van der Waals surface area (Å²) in [5.74, 6) is 0. The van der Waals surface area contributed by atoms with Gasteiger partial charge in [-0.15, -0.1) is 11.3 Å². The fourth-order valence-corrected chi connectivity index (χ4v) is 3.98. The third-order valence-corrected chi connectivity index (χ3v) is 5.42. The van der Waals surface area contributed by atoms with E-state index in [1.54, 1.807) is 0 Å². The van der Waals surface area contributed by atoms with Gasteiger partial charge in [-0.1, -0.05) is 20.8 Å². The molecule has 118 valence electrons. The molecule has 0 bridgehead atoms. The van der Waals surface area contributed by atoms with Crippen molar-refractivity contribution in [3.63, 3.8) is 0 Å². The molecule has 21 heavy (non-hydrogen) atoms. The van der Waals surface area contributed by atoms with E-state index in [9.17, 15) is 0 Å². The Bertz CT molecular complexity index is 479. The minimum atomic E-state index is 0.127. The van der Waals surface area contributed by atoms with Crippen LogP contribution >= 0.6 is 11.3 Å². The van der Waals surface area contributed by atoms with Crippen LogP contribution in [-0.4, -0.2) is 49.2 Å². The monoisotopic (exact) mass is 308 g/mol. The standard InChI is InChI=1S/C16H28N4S/c1-16(2,3)14-13(11-17-12-5-6-12)21-15(18-14)20-9-7-19(4)8-10-20/h12,17H,5-11H2,1-4H3. The number of nitrogens with one attached hydrogen (secondary N) is 1. The quantitative estimate of drug-likeness (QED) is 0.926. The summed E-state index contributed by atoms with van der Waals surface area (Å²) in [4.78, 5) is 11.3. The lowest BCUT2D eigenvalue weighted by atomic mass is 9.91. The number of nitrogens with zero attached hydrogens (tertiary/aromatic N) is 3. The largest absolute Gasteiger partial charge is 0.346 e. The predicted molar refractivity (Wildman–Crippen MR) is 90.4 cm³/mol. The van der Waals surface area contributed by atoms with Crippen molar-refractivity contribution in [2.45, 2.75) is 51.6 Å². The summed E-state index contributed by atoms with van der Waals surface area (Å²) in [5, 5.41) is 4.88. The number of hydrogen-bond donors (Lipinski definition) is 1. The van der Waals surface area contributed by atoms with Gasteiger partial charge in [-0.3, -0.25) is 0 Å². The van der Waals surface area contributed by atoms with Crippen molar-refractivity contribution in [3.8, 4) is 0 Å². The van der Waals surface area contributed by atoms with Crippen LogP contribution in [0.1, 0.15) is 44.2 Å². The van der Waals surface area contributed by atoms with Gasteiger partial charge in [-0.25, -0.2) is 4.98 Å². The highest BCUT2D eigenvalue weighted by Crippen LogP contribution is 2.34. The van der Waals surface area contributed by atoms with Crippen LogP contribution in [0.15, 0.2) is 0 Å². The zero-order valence-electron chi connectivity index (χ0n) is 13.8. The molecule has 1 N–H and O–H groups in total. The maximum absolute atomic E-state index is 5.01. The second-order valence-electron chi connectivity index (χ2n) is 7.46. The average Bonchev–Trinajstić information content (AvgIpc) is 3.14. The van der Waals surface area contributed by atoms with E-state index in [1.165, 1.54) is 28.5 Å². The Labute approximate surface area is 132 Å². The van der Waals surface area contributed by atoms with E-state index >= 15 is 0 Å². The first-order valence-corrected chi connectivity index (χ1v) is 8.92. The lowest BCUT2D eigenvalue weighted by Gasteiger charge is -2.32.